The van der Waals surface area contributed by atoms with Crippen molar-refractivity contribution < 1.29 is 4.39 Å². The van der Waals surface area contributed by atoms with E-state index in [1.54, 1.807) is 0 Å². The van der Waals surface area contributed by atoms with E-state index in [0.717, 1.165) is 12.8 Å². The first kappa shape index (κ1) is 8.28. The van der Waals surface area contributed by atoms with Crippen LogP contribution in [0.3, 0.4) is 0 Å². The zero-order chi connectivity index (χ0) is 7.40. The van der Waals surface area contributed by atoms with Gasteiger partial charge in [-0.25, -0.2) is 4.39 Å². The molecular weight excluding hydrogens is 153 g/mol. The molecule has 1 nitrogen and oxygen atoms in total. The number of rotatable bonds is 3. The van der Waals surface area contributed by atoms with Gasteiger partial charge in [0.05, 0.1) is 0 Å². The molecule has 10 heavy (non-hydrogen) atoms. The molecule has 60 valence electrons. The summed E-state index contributed by atoms with van der Waals surface area (Å²) < 4.78 is 11.7. The van der Waals surface area contributed by atoms with Crippen molar-refractivity contribution in [3.05, 3.63) is 0 Å². The minimum atomic E-state index is -0.292. The van der Waals surface area contributed by atoms with E-state index in [1.165, 1.54) is 6.42 Å². The Labute approximate surface area is 65.9 Å². The molecule has 3 heteroatoms. The average molecular weight is 166 g/mol. The highest BCUT2D eigenvalue weighted by atomic mass is 35.5. The molecule has 2 unspecified atom stereocenters. The molecule has 0 spiro atoms. The molecule has 0 bridgehead atoms. The van der Waals surface area contributed by atoms with Gasteiger partial charge in [0.2, 0.25) is 0 Å². The molecule has 0 aromatic heterocycles. The fourth-order valence-corrected chi connectivity index (χ4v) is 1.75. The molecular formula is C7H13ClFN. The SMILES string of the molecule is FCCNC1CCCC1Cl. The monoisotopic (exact) mass is 165 g/mol. The highest BCUT2D eigenvalue weighted by Gasteiger charge is 2.23. The molecule has 1 saturated carbocycles. The van der Waals surface area contributed by atoms with E-state index in [1.807, 2.05) is 0 Å². The van der Waals surface area contributed by atoms with Gasteiger partial charge < -0.3 is 5.32 Å². The van der Waals surface area contributed by atoms with Crippen molar-refractivity contribution in [3.63, 3.8) is 0 Å². The molecule has 0 aliphatic heterocycles. The highest BCUT2D eigenvalue weighted by molar-refractivity contribution is 6.21. The van der Waals surface area contributed by atoms with E-state index < -0.39 is 0 Å². The summed E-state index contributed by atoms with van der Waals surface area (Å²) in [6.45, 7) is 0.161. The zero-order valence-corrected chi connectivity index (χ0v) is 6.70. The predicted molar refractivity (Wildman–Crippen MR) is 41.3 cm³/mol. The number of halogens is 2. The van der Waals surface area contributed by atoms with Crippen LogP contribution in [0.1, 0.15) is 19.3 Å². The number of nitrogens with one attached hydrogen (secondary N) is 1. The van der Waals surface area contributed by atoms with Gasteiger partial charge in [-0.05, 0) is 12.8 Å². The summed E-state index contributed by atoms with van der Waals surface area (Å²) in [5.41, 5.74) is 0. The highest BCUT2D eigenvalue weighted by Crippen LogP contribution is 2.23. The van der Waals surface area contributed by atoms with Crippen LogP contribution in [-0.2, 0) is 0 Å². The lowest BCUT2D eigenvalue weighted by Crippen LogP contribution is -2.34. The Kier molecular flexibility index (Phi) is 3.43. The quantitative estimate of drug-likeness (QED) is 0.628. The van der Waals surface area contributed by atoms with Crippen molar-refractivity contribution in [1.82, 2.24) is 5.32 Å². The molecule has 2 atom stereocenters. The molecule has 1 rings (SSSR count). The molecule has 0 saturated heterocycles. The van der Waals surface area contributed by atoms with Gasteiger partial charge in [-0.2, -0.15) is 0 Å². The number of hydrogen-bond acceptors (Lipinski definition) is 1. The maximum atomic E-state index is 11.7. The Bertz CT molecular complexity index is 99.6. The van der Waals surface area contributed by atoms with Crippen LogP contribution in [0.15, 0.2) is 0 Å². The van der Waals surface area contributed by atoms with E-state index in [2.05, 4.69) is 5.32 Å². The minimum absolute atomic E-state index is 0.228. The van der Waals surface area contributed by atoms with Gasteiger partial charge in [0.15, 0.2) is 0 Å². The number of hydrogen-bond donors (Lipinski definition) is 1. The summed E-state index contributed by atoms with van der Waals surface area (Å²) in [6, 6.07) is 0.359. The third-order valence-corrected chi connectivity index (χ3v) is 2.46. The van der Waals surface area contributed by atoms with Crippen LogP contribution >= 0.6 is 11.6 Å². The van der Waals surface area contributed by atoms with E-state index in [9.17, 15) is 4.39 Å². The molecule has 0 heterocycles. The third-order valence-electron chi connectivity index (χ3n) is 1.93. The molecule has 0 radical (unpaired) electrons. The Morgan fingerprint density at radius 3 is 2.80 bits per heavy atom. The Morgan fingerprint density at radius 2 is 2.30 bits per heavy atom. The fourth-order valence-electron chi connectivity index (χ4n) is 1.38. The van der Waals surface area contributed by atoms with Crippen molar-refractivity contribution in [3.8, 4) is 0 Å². The van der Waals surface area contributed by atoms with Gasteiger partial charge in [0.1, 0.15) is 6.67 Å². The average Bonchev–Trinajstić information content (AvgIpc) is 2.31. The van der Waals surface area contributed by atoms with E-state index >= 15 is 0 Å². The molecule has 0 aromatic rings. The van der Waals surface area contributed by atoms with Crippen molar-refractivity contribution >= 4 is 11.6 Å². The maximum Gasteiger partial charge on any atom is 0.102 e. The summed E-state index contributed by atoms with van der Waals surface area (Å²) in [5.74, 6) is 0. The van der Waals surface area contributed by atoms with Crippen LogP contribution in [0.2, 0.25) is 0 Å². The Balaban J connectivity index is 2.14. The second-order valence-electron chi connectivity index (χ2n) is 2.70. The van der Waals surface area contributed by atoms with E-state index in [-0.39, 0.29) is 12.1 Å². The van der Waals surface area contributed by atoms with Gasteiger partial charge in [-0.1, -0.05) is 6.42 Å². The topological polar surface area (TPSA) is 12.0 Å². The van der Waals surface area contributed by atoms with Crippen LogP contribution in [0.5, 0.6) is 0 Å². The molecule has 1 fully saturated rings. The lowest BCUT2D eigenvalue weighted by molar-refractivity contribution is 0.433. The normalized spacial score (nSPS) is 33.0. The van der Waals surface area contributed by atoms with Gasteiger partial charge in [-0.15, -0.1) is 11.6 Å². The summed E-state index contributed by atoms with van der Waals surface area (Å²) >= 11 is 5.93. The van der Waals surface area contributed by atoms with Crippen molar-refractivity contribution in [2.24, 2.45) is 0 Å². The van der Waals surface area contributed by atoms with Crippen LogP contribution in [-0.4, -0.2) is 24.6 Å². The first-order valence-corrected chi connectivity index (χ1v) is 4.21. The largest absolute Gasteiger partial charge is 0.310 e. The van der Waals surface area contributed by atoms with Crippen molar-refractivity contribution in [2.75, 3.05) is 13.2 Å². The maximum absolute atomic E-state index is 11.7. The first-order chi connectivity index (χ1) is 4.84. The Hall–Kier alpha value is 0.180. The van der Waals surface area contributed by atoms with Crippen molar-refractivity contribution in [1.29, 1.82) is 0 Å². The van der Waals surface area contributed by atoms with Crippen LogP contribution in [0.25, 0.3) is 0 Å². The molecule has 0 aromatic carbocycles. The lowest BCUT2D eigenvalue weighted by Gasteiger charge is -2.13. The smallest absolute Gasteiger partial charge is 0.102 e. The summed E-state index contributed by atoms with van der Waals surface area (Å²) in [4.78, 5) is 0. The zero-order valence-electron chi connectivity index (χ0n) is 5.95. The van der Waals surface area contributed by atoms with Gasteiger partial charge in [0.25, 0.3) is 0 Å². The van der Waals surface area contributed by atoms with Crippen molar-refractivity contribution in [2.45, 2.75) is 30.7 Å². The standard InChI is InChI=1S/C7H13ClFN/c8-6-2-1-3-7(6)10-5-4-9/h6-7,10H,1-5H2. The summed E-state index contributed by atoms with van der Waals surface area (Å²) in [7, 11) is 0. The minimum Gasteiger partial charge on any atom is -0.310 e. The van der Waals surface area contributed by atoms with Gasteiger partial charge >= 0.3 is 0 Å². The first-order valence-electron chi connectivity index (χ1n) is 3.78. The third kappa shape index (κ3) is 2.10. The molecule has 1 N–H and O–H groups in total. The second kappa shape index (κ2) is 4.14. The van der Waals surface area contributed by atoms with Gasteiger partial charge in [-0.3, -0.25) is 0 Å². The summed E-state index contributed by atoms with van der Waals surface area (Å²) in [5, 5.41) is 3.30. The van der Waals surface area contributed by atoms with Crippen LogP contribution < -0.4 is 5.32 Å². The molecule has 1 aliphatic rings. The van der Waals surface area contributed by atoms with E-state index in [0.29, 0.717) is 12.6 Å². The molecule has 1 aliphatic carbocycles. The molecule has 0 amide bonds. The lowest BCUT2D eigenvalue weighted by atomic mass is 10.2. The number of alkyl halides is 2. The summed E-state index contributed by atoms with van der Waals surface area (Å²) in [6.07, 6.45) is 3.36. The second-order valence-corrected chi connectivity index (χ2v) is 3.26. The Morgan fingerprint density at radius 1 is 1.50 bits per heavy atom. The predicted octanol–water partition coefficient (Wildman–Crippen LogP) is 1.71. The van der Waals surface area contributed by atoms with Crippen LogP contribution in [0, 0.1) is 0 Å². The van der Waals surface area contributed by atoms with E-state index in [4.69, 9.17) is 11.6 Å². The fraction of sp³-hybridized carbons (Fsp3) is 1.00. The van der Waals surface area contributed by atoms with Gasteiger partial charge in [0, 0.05) is 18.0 Å². The van der Waals surface area contributed by atoms with Crippen LogP contribution in [0.4, 0.5) is 4.39 Å².